The predicted octanol–water partition coefficient (Wildman–Crippen LogP) is 4.48. The molecule has 0 fully saturated rings. The Bertz CT molecular complexity index is 1230. The van der Waals surface area contributed by atoms with Gasteiger partial charge in [-0.3, -0.25) is 10.1 Å². The van der Waals surface area contributed by atoms with Crippen LogP contribution in [0.2, 0.25) is 0 Å². The van der Waals surface area contributed by atoms with E-state index in [0.717, 1.165) is 39.9 Å². The molecule has 0 aliphatic rings. The van der Waals surface area contributed by atoms with E-state index in [0.29, 0.717) is 23.3 Å². The Morgan fingerprint density at radius 1 is 1.26 bits per heavy atom. The molecule has 0 saturated heterocycles. The van der Waals surface area contributed by atoms with Crippen LogP contribution in [0.5, 0.6) is 0 Å². The van der Waals surface area contributed by atoms with Crippen molar-refractivity contribution in [3.63, 3.8) is 0 Å². The zero-order valence-corrected chi connectivity index (χ0v) is 19.0. The third-order valence-electron chi connectivity index (χ3n) is 4.74. The Labute approximate surface area is 188 Å². The lowest BCUT2D eigenvalue weighted by molar-refractivity contribution is -0.115. The monoisotopic (exact) mass is 453 g/mol. The molecule has 0 aliphatic heterocycles. The number of carbonyl (C=O) groups excluding carboxylic acids is 1. The lowest BCUT2D eigenvalue weighted by Gasteiger charge is -2.12. The standard InChI is InChI=1S/C21H23N7OS2/c1-4-9-16-24-26-21(31-16)23-19(29)15(6-3)30-20-22-18-17(25-27-20)13-10-7-8-11-14(13)28(18)12-5-2/h5,7-8,10-11,15H,2,4,6,9,12H2,1,3H3,(H,23,26,29). The number of carbonyl (C=O) groups is 1. The number of nitrogens with zero attached hydrogens (tertiary/aromatic N) is 6. The molecule has 1 unspecified atom stereocenters. The van der Waals surface area contributed by atoms with Crippen molar-refractivity contribution in [2.45, 2.75) is 50.1 Å². The van der Waals surface area contributed by atoms with Crippen molar-refractivity contribution < 1.29 is 4.79 Å². The number of hydrogen-bond acceptors (Lipinski definition) is 8. The summed E-state index contributed by atoms with van der Waals surface area (Å²) >= 11 is 2.72. The first-order valence-electron chi connectivity index (χ1n) is 10.2. The van der Waals surface area contributed by atoms with Crippen LogP contribution >= 0.6 is 23.1 Å². The highest BCUT2D eigenvalue weighted by Crippen LogP contribution is 2.29. The van der Waals surface area contributed by atoms with Crippen LogP contribution in [0, 0.1) is 0 Å². The number of amides is 1. The fraction of sp³-hybridized carbons (Fsp3) is 0.333. The van der Waals surface area contributed by atoms with Gasteiger partial charge in [0.25, 0.3) is 0 Å². The molecule has 160 valence electrons. The SMILES string of the molecule is C=CCn1c2ccccc2c2nnc(SC(CC)C(=O)Nc3nnc(CCC)s3)nc21. The van der Waals surface area contributed by atoms with Gasteiger partial charge in [-0.25, -0.2) is 4.98 Å². The number of allylic oxidation sites excluding steroid dienone is 1. The molecule has 0 saturated carbocycles. The molecule has 1 atom stereocenters. The van der Waals surface area contributed by atoms with Gasteiger partial charge in [-0.1, -0.05) is 61.2 Å². The van der Waals surface area contributed by atoms with Gasteiger partial charge in [0.2, 0.25) is 16.2 Å². The third-order valence-corrected chi connectivity index (χ3v) is 6.85. The summed E-state index contributed by atoms with van der Waals surface area (Å²) < 4.78 is 2.06. The van der Waals surface area contributed by atoms with Crippen LogP contribution in [0.25, 0.3) is 22.1 Å². The van der Waals surface area contributed by atoms with Gasteiger partial charge in [0.1, 0.15) is 10.5 Å². The number of fused-ring (bicyclic) bond motifs is 3. The van der Waals surface area contributed by atoms with E-state index in [2.05, 4.69) is 43.8 Å². The quantitative estimate of drug-likeness (QED) is 0.295. The Hall–Kier alpha value is -2.85. The average molecular weight is 454 g/mol. The molecule has 3 aromatic heterocycles. The summed E-state index contributed by atoms with van der Waals surface area (Å²) in [5.74, 6) is -0.137. The van der Waals surface area contributed by atoms with Gasteiger partial charge >= 0.3 is 0 Å². The zero-order valence-electron chi connectivity index (χ0n) is 17.4. The van der Waals surface area contributed by atoms with Gasteiger partial charge in [-0.2, -0.15) is 0 Å². The molecule has 10 heteroatoms. The molecule has 4 rings (SSSR count). The van der Waals surface area contributed by atoms with E-state index >= 15 is 0 Å². The van der Waals surface area contributed by atoms with Crippen LogP contribution < -0.4 is 5.32 Å². The van der Waals surface area contributed by atoms with Crippen LogP contribution in [0.1, 0.15) is 31.7 Å². The van der Waals surface area contributed by atoms with Crippen molar-refractivity contribution in [2.24, 2.45) is 0 Å². The number of anilines is 1. The molecule has 4 aromatic rings. The fourth-order valence-electron chi connectivity index (χ4n) is 3.31. The van der Waals surface area contributed by atoms with Crippen LogP contribution in [-0.2, 0) is 17.8 Å². The minimum atomic E-state index is -0.366. The molecule has 1 N–H and O–H groups in total. The molecule has 8 nitrogen and oxygen atoms in total. The molecule has 0 spiro atoms. The van der Waals surface area contributed by atoms with Crippen molar-refractivity contribution in [3.8, 4) is 0 Å². The highest BCUT2D eigenvalue weighted by atomic mass is 32.2. The van der Waals surface area contributed by atoms with Crippen LogP contribution in [-0.4, -0.2) is 41.1 Å². The van der Waals surface area contributed by atoms with Gasteiger partial charge in [-0.15, -0.1) is 27.0 Å². The molecule has 1 amide bonds. The molecule has 1 aromatic carbocycles. The number of nitrogens with one attached hydrogen (secondary N) is 1. The summed E-state index contributed by atoms with van der Waals surface area (Å²) in [5.41, 5.74) is 2.52. The maximum atomic E-state index is 12.8. The van der Waals surface area contributed by atoms with E-state index in [-0.39, 0.29) is 11.2 Å². The summed E-state index contributed by atoms with van der Waals surface area (Å²) in [5, 5.41) is 22.3. The number of benzene rings is 1. The molecule has 0 bridgehead atoms. The number of rotatable bonds is 9. The number of para-hydroxylation sites is 1. The van der Waals surface area contributed by atoms with Crippen molar-refractivity contribution in [2.75, 3.05) is 5.32 Å². The maximum Gasteiger partial charge on any atom is 0.239 e. The number of aromatic nitrogens is 6. The number of thioether (sulfide) groups is 1. The number of hydrogen-bond donors (Lipinski definition) is 1. The Morgan fingerprint density at radius 3 is 2.87 bits per heavy atom. The van der Waals surface area contributed by atoms with Gasteiger partial charge in [-0.05, 0) is 18.9 Å². The van der Waals surface area contributed by atoms with Crippen molar-refractivity contribution in [3.05, 3.63) is 41.9 Å². The highest BCUT2D eigenvalue weighted by molar-refractivity contribution is 8.00. The summed E-state index contributed by atoms with van der Waals surface area (Å²) in [4.78, 5) is 17.5. The summed E-state index contributed by atoms with van der Waals surface area (Å²) in [6.07, 6.45) is 4.30. The lowest BCUT2D eigenvalue weighted by Crippen LogP contribution is -2.24. The molecule has 3 heterocycles. The lowest BCUT2D eigenvalue weighted by atomic mass is 10.2. The molecule has 0 radical (unpaired) electrons. The first kappa shape index (κ1) is 21.4. The molecule has 0 aliphatic carbocycles. The first-order valence-corrected chi connectivity index (χ1v) is 11.9. The van der Waals surface area contributed by atoms with E-state index in [1.54, 1.807) is 0 Å². The van der Waals surface area contributed by atoms with Gasteiger partial charge in [0.05, 0.1) is 10.8 Å². The Morgan fingerprint density at radius 2 is 2.10 bits per heavy atom. The first-order chi connectivity index (χ1) is 15.1. The Balaban J connectivity index is 1.58. The van der Waals surface area contributed by atoms with Crippen molar-refractivity contribution in [1.82, 2.24) is 29.9 Å². The van der Waals surface area contributed by atoms with E-state index in [1.807, 2.05) is 37.3 Å². The average Bonchev–Trinajstić information content (AvgIpc) is 3.35. The zero-order chi connectivity index (χ0) is 21.8. The maximum absolute atomic E-state index is 12.8. The predicted molar refractivity (Wildman–Crippen MR) is 125 cm³/mol. The largest absolute Gasteiger partial charge is 0.320 e. The van der Waals surface area contributed by atoms with Crippen LogP contribution in [0.3, 0.4) is 0 Å². The molecule has 31 heavy (non-hydrogen) atoms. The minimum absolute atomic E-state index is 0.137. The second-order valence-electron chi connectivity index (χ2n) is 6.94. The van der Waals surface area contributed by atoms with E-state index in [1.165, 1.54) is 23.1 Å². The minimum Gasteiger partial charge on any atom is -0.320 e. The normalized spacial score (nSPS) is 12.3. The fourth-order valence-corrected chi connectivity index (χ4v) is 4.97. The van der Waals surface area contributed by atoms with Gasteiger partial charge < -0.3 is 4.57 Å². The van der Waals surface area contributed by atoms with Crippen molar-refractivity contribution >= 4 is 56.2 Å². The van der Waals surface area contributed by atoms with Crippen LogP contribution in [0.15, 0.2) is 42.1 Å². The van der Waals surface area contributed by atoms with Crippen LogP contribution in [0.4, 0.5) is 5.13 Å². The van der Waals surface area contributed by atoms with E-state index < -0.39 is 0 Å². The van der Waals surface area contributed by atoms with E-state index in [9.17, 15) is 4.79 Å². The topological polar surface area (TPSA) is 98.5 Å². The second-order valence-corrected chi connectivity index (χ2v) is 9.17. The Kier molecular flexibility index (Phi) is 6.57. The second kappa shape index (κ2) is 9.52. The van der Waals surface area contributed by atoms with Gasteiger partial charge in [0, 0.05) is 18.4 Å². The number of aryl methyl sites for hydroxylation is 1. The summed E-state index contributed by atoms with van der Waals surface area (Å²) in [6.45, 7) is 8.51. The molecular formula is C21H23N7OS2. The third kappa shape index (κ3) is 4.45. The van der Waals surface area contributed by atoms with Crippen molar-refractivity contribution in [1.29, 1.82) is 0 Å². The smallest absolute Gasteiger partial charge is 0.239 e. The van der Waals surface area contributed by atoms with Gasteiger partial charge in [0.15, 0.2) is 5.65 Å². The summed E-state index contributed by atoms with van der Waals surface area (Å²) in [6, 6.07) is 8.01. The molecular weight excluding hydrogens is 430 g/mol. The highest BCUT2D eigenvalue weighted by Gasteiger charge is 2.22. The van der Waals surface area contributed by atoms with E-state index in [4.69, 9.17) is 4.98 Å². The summed E-state index contributed by atoms with van der Waals surface area (Å²) in [7, 11) is 0.